The quantitative estimate of drug-likeness (QED) is 0.651. The van der Waals surface area contributed by atoms with Gasteiger partial charge in [-0.25, -0.2) is 0 Å². The highest BCUT2D eigenvalue weighted by Crippen LogP contribution is 2.29. The predicted octanol–water partition coefficient (Wildman–Crippen LogP) is 3.57. The van der Waals surface area contributed by atoms with Gasteiger partial charge in [-0.2, -0.15) is 0 Å². The van der Waals surface area contributed by atoms with Crippen LogP contribution in [0.15, 0.2) is 36.4 Å². The van der Waals surface area contributed by atoms with Crippen molar-refractivity contribution in [2.75, 3.05) is 12.4 Å². The lowest BCUT2D eigenvalue weighted by atomic mass is 10.2. The van der Waals surface area contributed by atoms with E-state index in [1.54, 1.807) is 24.3 Å². The zero-order chi connectivity index (χ0) is 15.4. The third-order valence-corrected chi connectivity index (χ3v) is 3.19. The highest BCUT2D eigenvalue weighted by atomic mass is 35.5. The molecule has 0 amide bonds. The smallest absolute Gasteiger partial charge is 0.288 e. The SMILES string of the molecule is COc1ccc(CNc2ccc([N+](=O)[O-])c(Cl)c2)cc1O. The maximum atomic E-state index is 10.7. The molecule has 0 fully saturated rings. The van der Waals surface area contributed by atoms with Crippen molar-refractivity contribution in [2.45, 2.75) is 6.54 Å². The number of methoxy groups -OCH3 is 1. The summed E-state index contributed by atoms with van der Waals surface area (Å²) in [5.74, 6) is 0.454. The minimum absolute atomic E-state index is 0.0542. The van der Waals surface area contributed by atoms with Crippen molar-refractivity contribution in [1.29, 1.82) is 0 Å². The number of hydrogen-bond donors (Lipinski definition) is 2. The van der Waals surface area contributed by atoms with E-state index in [4.69, 9.17) is 16.3 Å². The van der Waals surface area contributed by atoms with Crippen molar-refractivity contribution in [3.63, 3.8) is 0 Å². The Bertz CT molecular complexity index is 676. The lowest BCUT2D eigenvalue weighted by molar-refractivity contribution is -0.384. The van der Waals surface area contributed by atoms with Crippen LogP contribution in [0.2, 0.25) is 5.02 Å². The van der Waals surface area contributed by atoms with E-state index in [0.29, 0.717) is 18.0 Å². The van der Waals surface area contributed by atoms with E-state index in [1.807, 2.05) is 0 Å². The maximum absolute atomic E-state index is 10.7. The van der Waals surface area contributed by atoms with Crippen molar-refractivity contribution in [2.24, 2.45) is 0 Å². The first-order valence-corrected chi connectivity index (χ1v) is 6.42. The fourth-order valence-corrected chi connectivity index (χ4v) is 2.06. The maximum Gasteiger partial charge on any atom is 0.288 e. The molecule has 0 saturated carbocycles. The van der Waals surface area contributed by atoms with E-state index >= 15 is 0 Å². The number of halogens is 1. The predicted molar refractivity (Wildman–Crippen MR) is 80.1 cm³/mol. The number of nitrogens with zero attached hydrogens (tertiary/aromatic N) is 1. The summed E-state index contributed by atoms with van der Waals surface area (Å²) in [6, 6.07) is 9.46. The van der Waals surface area contributed by atoms with Crippen LogP contribution >= 0.6 is 11.6 Å². The molecule has 6 nitrogen and oxygen atoms in total. The molecule has 0 bridgehead atoms. The number of anilines is 1. The van der Waals surface area contributed by atoms with E-state index < -0.39 is 4.92 Å². The molecule has 110 valence electrons. The summed E-state index contributed by atoms with van der Waals surface area (Å²) in [6.07, 6.45) is 0. The molecule has 0 spiro atoms. The van der Waals surface area contributed by atoms with Crippen molar-refractivity contribution in [3.05, 3.63) is 57.1 Å². The Labute approximate surface area is 126 Å². The summed E-state index contributed by atoms with van der Waals surface area (Å²) < 4.78 is 4.96. The van der Waals surface area contributed by atoms with Gasteiger partial charge in [0.1, 0.15) is 5.02 Å². The van der Waals surface area contributed by atoms with Gasteiger partial charge in [-0.3, -0.25) is 10.1 Å². The van der Waals surface area contributed by atoms with Crippen LogP contribution in [0.1, 0.15) is 5.56 Å². The van der Waals surface area contributed by atoms with Gasteiger partial charge in [0.15, 0.2) is 11.5 Å². The number of nitro groups is 1. The molecule has 0 aliphatic carbocycles. The standard InChI is InChI=1S/C14H13ClN2O4/c1-21-14-5-2-9(6-13(14)18)8-16-10-3-4-12(17(19)20)11(15)7-10/h2-7,16,18H,8H2,1H3. The second-order valence-corrected chi connectivity index (χ2v) is 4.69. The molecule has 0 heterocycles. The van der Waals surface area contributed by atoms with Crippen LogP contribution in [-0.2, 0) is 6.54 Å². The Morgan fingerprint density at radius 1 is 1.33 bits per heavy atom. The number of hydrogen-bond acceptors (Lipinski definition) is 5. The normalized spacial score (nSPS) is 10.2. The summed E-state index contributed by atoms with van der Waals surface area (Å²) >= 11 is 5.83. The summed E-state index contributed by atoms with van der Waals surface area (Å²) in [7, 11) is 1.48. The lowest BCUT2D eigenvalue weighted by Crippen LogP contribution is -2.00. The highest BCUT2D eigenvalue weighted by molar-refractivity contribution is 6.32. The van der Waals surface area contributed by atoms with Gasteiger partial charge in [-0.05, 0) is 29.8 Å². The van der Waals surface area contributed by atoms with Gasteiger partial charge >= 0.3 is 0 Å². The zero-order valence-corrected chi connectivity index (χ0v) is 11.9. The van der Waals surface area contributed by atoms with Crippen LogP contribution in [0.5, 0.6) is 11.5 Å². The fraction of sp³-hybridized carbons (Fsp3) is 0.143. The first kappa shape index (κ1) is 14.9. The largest absolute Gasteiger partial charge is 0.504 e. The highest BCUT2D eigenvalue weighted by Gasteiger charge is 2.12. The number of phenols is 1. The fourth-order valence-electron chi connectivity index (χ4n) is 1.81. The van der Waals surface area contributed by atoms with Crippen molar-refractivity contribution < 1.29 is 14.8 Å². The van der Waals surface area contributed by atoms with Crippen LogP contribution in [0.4, 0.5) is 11.4 Å². The molecule has 0 aromatic heterocycles. The minimum atomic E-state index is -0.534. The number of aromatic hydroxyl groups is 1. The van der Waals surface area contributed by atoms with E-state index in [-0.39, 0.29) is 16.5 Å². The summed E-state index contributed by atoms with van der Waals surface area (Å²) in [6.45, 7) is 0.436. The van der Waals surface area contributed by atoms with Crippen LogP contribution in [0.25, 0.3) is 0 Å². The average molecular weight is 309 g/mol. The van der Waals surface area contributed by atoms with Crippen molar-refractivity contribution >= 4 is 23.0 Å². The lowest BCUT2D eigenvalue weighted by Gasteiger charge is -2.09. The molecule has 2 aromatic carbocycles. The first-order valence-electron chi connectivity index (χ1n) is 6.05. The molecule has 0 saturated heterocycles. The first-order chi connectivity index (χ1) is 10.0. The van der Waals surface area contributed by atoms with Crippen LogP contribution in [0, 0.1) is 10.1 Å². The molecule has 0 aliphatic heterocycles. The van der Waals surface area contributed by atoms with Gasteiger partial charge in [0.05, 0.1) is 12.0 Å². The molecule has 0 aliphatic rings. The Kier molecular flexibility index (Phi) is 4.49. The molecule has 21 heavy (non-hydrogen) atoms. The Morgan fingerprint density at radius 3 is 2.67 bits per heavy atom. The third-order valence-electron chi connectivity index (χ3n) is 2.88. The van der Waals surface area contributed by atoms with Gasteiger partial charge in [0.25, 0.3) is 5.69 Å². The number of rotatable bonds is 5. The molecule has 2 rings (SSSR count). The molecular weight excluding hydrogens is 296 g/mol. The summed E-state index contributed by atoms with van der Waals surface area (Å²) in [5, 5.41) is 23.5. The molecule has 0 atom stereocenters. The molecule has 7 heteroatoms. The number of ether oxygens (including phenoxy) is 1. The Morgan fingerprint density at radius 2 is 2.10 bits per heavy atom. The van der Waals surface area contributed by atoms with Gasteiger partial charge in [0.2, 0.25) is 0 Å². The van der Waals surface area contributed by atoms with E-state index in [0.717, 1.165) is 5.56 Å². The Balaban J connectivity index is 2.08. The molecule has 0 unspecified atom stereocenters. The van der Waals surface area contributed by atoms with E-state index in [2.05, 4.69) is 5.32 Å². The van der Waals surface area contributed by atoms with Gasteiger partial charge in [0, 0.05) is 18.3 Å². The van der Waals surface area contributed by atoms with Crippen LogP contribution in [0.3, 0.4) is 0 Å². The third kappa shape index (κ3) is 3.55. The van der Waals surface area contributed by atoms with Gasteiger partial charge < -0.3 is 15.2 Å². The van der Waals surface area contributed by atoms with E-state index in [1.165, 1.54) is 19.2 Å². The minimum Gasteiger partial charge on any atom is -0.504 e. The molecule has 0 radical (unpaired) electrons. The zero-order valence-electron chi connectivity index (χ0n) is 11.2. The topological polar surface area (TPSA) is 84.6 Å². The van der Waals surface area contributed by atoms with Crippen molar-refractivity contribution in [3.8, 4) is 11.5 Å². The number of phenolic OH excluding ortho intramolecular Hbond substituents is 1. The van der Waals surface area contributed by atoms with Gasteiger partial charge in [-0.1, -0.05) is 17.7 Å². The molecule has 2 aromatic rings. The second-order valence-electron chi connectivity index (χ2n) is 4.28. The molecule has 2 N–H and O–H groups in total. The second kappa shape index (κ2) is 6.32. The number of benzene rings is 2. The summed E-state index contributed by atoms with van der Waals surface area (Å²) in [4.78, 5) is 10.1. The van der Waals surface area contributed by atoms with Gasteiger partial charge in [-0.15, -0.1) is 0 Å². The van der Waals surface area contributed by atoms with Crippen molar-refractivity contribution in [1.82, 2.24) is 0 Å². The van der Waals surface area contributed by atoms with Crippen LogP contribution < -0.4 is 10.1 Å². The average Bonchev–Trinajstić information content (AvgIpc) is 2.45. The summed E-state index contributed by atoms with van der Waals surface area (Å²) in [5.41, 5.74) is 1.35. The van der Waals surface area contributed by atoms with Crippen LogP contribution in [-0.4, -0.2) is 17.1 Å². The van der Waals surface area contributed by atoms with E-state index in [9.17, 15) is 15.2 Å². The Hall–Kier alpha value is -2.47. The number of nitro benzene ring substituents is 1. The monoisotopic (exact) mass is 308 g/mol. The number of nitrogens with one attached hydrogen (secondary N) is 1. The molecular formula is C14H13ClN2O4.